The summed E-state index contributed by atoms with van der Waals surface area (Å²) in [6.07, 6.45) is -4.53. The number of esters is 1. The van der Waals surface area contributed by atoms with Crippen molar-refractivity contribution in [2.24, 2.45) is 0 Å². The lowest BCUT2D eigenvalue weighted by molar-refractivity contribution is -0.149. The van der Waals surface area contributed by atoms with Crippen molar-refractivity contribution in [2.45, 2.75) is 13.1 Å². The number of anilines is 1. The number of para-hydroxylation sites is 2. The van der Waals surface area contributed by atoms with E-state index in [1.807, 2.05) is 0 Å². The van der Waals surface area contributed by atoms with Crippen LogP contribution in [0.2, 0.25) is 0 Å². The van der Waals surface area contributed by atoms with Gasteiger partial charge < -0.3 is 19.5 Å². The van der Waals surface area contributed by atoms with Crippen LogP contribution in [0, 0.1) is 0 Å². The van der Waals surface area contributed by atoms with Crippen LogP contribution >= 0.6 is 0 Å². The van der Waals surface area contributed by atoms with Gasteiger partial charge in [-0.15, -0.1) is 0 Å². The highest BCUT2D eigenvalue weighted by molar-refractivity contribution is 5.92. The molecule has 28 heavy (non-hydrogen) atoms. The largest absolute Gasteiger partial charge is 0.490 e. The van der Waals surface area contributed by atoms with Gasteiger partial charge in [0.15, 0.2) is 24.7 Å². The van der Waals surface area contributed by atoms with E-state index in [1.165, 1.54) is 6.07 Å². The summed E-state index contributed by atoms with van der Waals surface area (Å²) in [5.41, 5.74) is -0.957. The van der Waals surface area contributed by atoms with Crippen molar-refractivity contribution in [3.63, 3.8) is 0 Å². The van der Waals surface area contributed by atoms with Gasteiger partial charge in [-0.05, 0) is 37.3 Å². The Morgan fingerprint density at radius 1 is 0.964 bits per heavy atom. The third kappa shape index (κ3) is 6.49. The zero-order valence-corrected chi connectivity index (χ0v) is 14.9. The molecule has 9 heteroatoms. The molecule has 0 spiro atoms. The summed E-state index contributed by atoms with van der Waals surface area (Å²) in [4.78, 5) is 23.5. The summed E-state index contributed by atoms with van der Waals surface area (Å²) >= 11 is 0. The first-order valence-electron chi connectivity index (χ1n) is 8.27. The minimum absolute atomic E-state index is 0.0576. The average Bonchev–Trinajstić information content (AvgIpc) is 2.65. The maximum Gasteiger partial charge on any atom is 0.416 e. The van der Waals surface area contributed by atoms with Crippen molar-refractivity contribution in [2.75, 3.05) is 25.1 Å². The fourth-order valence-corrected chi connectivity index (χ4v) is 2.14. The van der Waals surface area contributed by atoms with Gasteiger partial charge in [0.2, 0.25) is 0 Å². The highest BCUT2D eigenvalue weighted by Crippen LogP contribution is 2.30. The first-order chi connectivity index (χ1) is 13.3. The summed E-state index contributed by atoms with van der Waals surface area (Å²) in [5, 5.41) is 2.23. The molecule has 6 nitrogen and oxygen atoms in total. The van der Waals surface area contributed by atoms with Crippen LogP contribution in [0.3, 0.4) is 0 Å². The molecule has 1 N–H and O–H groups in total. The number of ether oxygens (including phenoxy) is 3. The molecule has 2 aromatic rings. The van der Waals surface area contributed by atoms with Crippen LogP contribution in [0.4, 0.5) is 18.9 Å². The van der Waals surface area contributed by atoms with E-state index in [0.29, 0.717) is 18.1 Å². The number of carbonyl (C=O) groups is 2. The first-order valence-corrected chi connectivity index (χ1v) is 8.27. The second-order valence-electron chi connectivity index (χ2n) is 5.46. The number of hydrogen-bond donors (Lipinski definition) is 1. The molecule has 0 heterocycles. The summed E-state index contributed by atoms with van der Waals surface area (Å²) in [7, 11) is 0. The number of benzene rings is 2. The van der Waals surface area contributed by atoms with E-state index in [2.05, 4.69) is 5.32 Å². The molecule has 0 aliphatic rings. The summed E-state index contributed by atoms with van der Waals surface area (Å²) < 4.78 is 53.4. The van der Waals surface area contributed by atoms with Crippen LogP contribution in [-0.4, -0.2) is 31.7 Å². The van der Waals surface area contributed by atoms with Crippen LogP contribution < -0.4 is 14.8 Å². The Kier molecular flexibility index (Phi) is 7.25. The van der Waals surface area contributed by atoms with Gasteiger partial charge in [-0.3, -0.25) is 4.79 Å². The molecule has 0 saturated heterocycles. The van der Waals surface area contributed by atoms with Crippen molar-refractivity contribution < 1.29 is 37.0 Å². The van der Waals surface area contributed by atoms with E-state index in [0.717, 1.165) is 18.2 Å². The van der Waals surface area contributed by atoms with Crippen LogP contribution in [0.25, 0.3) is 0 Å². The summed E-state index contributed by atoms with van der Waals surface area (Å²) in [6, 6.07) is 10.8. The molecule has 1 amide bonds. The van der Waals surface area contributed by atoms with Crippen LogP contribution in [0.15, 0.2) is 48.5 Å². The molecule has 0 unspecified atom stereocenters. The van der Waals surface area contributed by atoms with Gasteiger partial charge in [0.05, 0.1) is 12.2 Å². The lowest BCUT2D eigenvalue weighted by Gasteiger charge is -2.12. The number of nitrogens with one attached hydrogen (secondary N) is 1. The highest BCUT2D eigenvalue weighted by Gasteiger charge is 2.30. The minimum Gasteiger partial charge on any atom is -0.490 e. The molecule has 0 saturated carbocycles. The Hall–Kier alpha value is -3.23. The van der Waals surface area contributed by atoms with Gasteiger partial charge in [0.25, 0.3) is 5.91 Å². The van der Waals surface area contributed by atoms with E-state index >= 15 is 0 Å². The smallest absolute Gasteiger partial charge is 0.416 e. The van der Waals surface area contributed by atoms with E-state index in [1.54, 1.807) is 31.2 Å². The fourth-order valence-electron chi connectivity index (χ4n) is 2.14. The van der Waals surface area contributed by atoms with Gasteiger partial charge in [0.1, 0.15) is 0 Å². The number of carbonyl (C=O) groups excluding carboxylic acids is 2. The molecule has 0 bridgehead atoms. The van der Waals surface area contributed by atoms with E-state index < -0.39 is 36.8 Å². The molecule has 0 atom stereocenters. The predicted molar refractivity (Wildman–Crippen MR) is 94.1 cm³/mol. The molecule has 150 valence electrons. The van der Waals surface area contributed by atoms with Gasteiger partial charge in [-0.2, -0.15) is 13.2 Å². The SMILES string of the molecule is CCOc1ccccc1OCC(=O)OCC(=O)Nc1cccc(C(F)(F)F)c1. The van der Waals surface area contributed by atoms with E-state index in [-0.39, 0.29) is 5.69 Å². The summed E-state index contributed by atoms with van der Waals surface area (Å²) in [5.74, 6) is -0.789. The zero-order chi connectivity index (χ0) is 20.6. The second kappa shape index (κ2) is 9.63. The Bertz CT molecular complexity index is 823. The molecule has 2 rings (SSSR count). The van der Waals surface area contributed by atoms with Crippen molar-refractivity contribution in [3.8, 4) is 11.5 Å². The Morgan fingerprint density at radius 3 is 2.29 bits per heavy atom. The Labute approximate surface area is 159 Å². The third-order valence-corrected chi connectivity index (χ3v) is 3.33. The van der Waals surface area contributed by atoms with Crippen LogP contribution in [-0.2, 0) is 20.5 Å². The molecule has 0 fully saturated rings. The molecule has 0 aromatic heterocycles. The Balaban J connectivity index is 1.81. The van der Waals surface area contributed by atoms with Crippen molar-refractivity contribution in [1.82, 2.24) is 0 Å². The van der Waals surface area contributed by atoms with Gasteiger partial charge in [-0.1, -0.05) is 18.2 Å². The normalized spacial score (nSPS) is 10.9. The lowest BCUT2D eigenvalue weighted by atomic mass is 10.2. The molecule has 0 aliphatic carbocycles. The van der Waals surface area contributed by atoms with Crippen LogP contribution in [0.1, 0.15) is 12.5 Å². The first kappa shape index (κ1) is 21.1. The maximum atomic E-state index is 12.7. The molecule has 0 aliphatic heterocycles. The third-order valence-electron chi connectivity index (χ3n) is 3.33. The van der Waals surface area contributed by atoms with Gasteiger partial charge in [0, 0.05) is 5.69 Å². The standard InChI is InChI=1S/C19H18F3NO5/c1-2-26-15-8-3-4-9-16(15)27-12-18(25)28-11-17(24)23-14-7-5-6-13(10-14)19(20,21)22/h3-10H,2,11-12H2,1H3,(H,23,24). The van der Waals surface area contributed by atoms with Gasteiger partial charge >= 0.3 is 12.1 Å². The Morgan fingerprint density at radius 2 is 1.64 bits per heavy atom. The predicted octanol–water partition coefficient (Wildman–Crippen LogP) is 3.66. The number of hydrogen-bond acceptors (Lipinski definition) is 5. The topological polar surface area (TPSA) is 73.9 Å². The number of amides is 1. The minimum atomic E-state index is -4.53. The maximum absolute atomic E-state index is 12.7. The van der Waals surface area contributed by atoms with Gasteiger partial charge in [-0.25, -0.2) is 4.79 Å². The lowest BCUT2D eigenvalue weighted by Crippen LogP contribution is -2.24. The second-order valence-corrected chi connectivity index (χ2v) is 5.46. The monoisotopic (exact) mass is 397 g/mol. The molecule has 0 radical (unpaired) electrons. The number of halogens is 3. The van der Waals surface area contributed by atoms with E-state index in [9.17, 15) is 22.8 Å². The fraction of sp³-hybridized carbons (Fsp3) is 0.263. The quantitative estimate of drug-likeness (QED) is 0.688. The molecular weight excluding hydrogens is 379 g/mol. The van der Waals surface area contributed by atoms with Crippen molar-refractivity contribution in [1.29, 1.82) is 0 Å². The van der Waals surface area contributed by atoms with Crippen molar-refractivity contribution in [3.05, 3.63) is 54.1 Å². The summed E-state index contributed by atoms with van der Waals surface area (Å²) in [6.45, 7) is 1.10. The van der Waals surface area contributed by atoms with Crippen molar-refractivity contribution >= 4 is 17.6 Å². The van der Waals surface area contributed by atoms with Crippen LogP contribution in [0.5, 0.6) is 11.5 Å². The molecule has 2 aromatic carbocycles. The zero-order valence-electron chi connectivity index (χ0n) is 14.9. The van der Waals surface area contributed by atoms with E-state index in [4.69, 9.17) is 14.2 Å². The number of rotatable bonds is 8. The highest BCUT2D eigenvalue weighted by atomic mass is 19.4. The average molecular weight is 397 g/mol. The molecular formula is C19H18F3NO5. The number of alkyl halides is 3.